The van der Waals surface area contributed by atoms with Crippen molar-refractivity contribution in [3.8, 4) is 11.5 Å². The zero-order valence-electron chi connectivity index (χ0n) is 21.0. The van der Waals surface area contributed by atoms with Crippen LogP contribution >= 0.6 is 0 Å². The summed E-state index contributed by atoms with van der Waals surface area (Å²) in [6, 6.07) is 24.1. The smallest absolute Gasteiger partial charge is 0.253 e. The molecule has 0 spiro atoms. The Kier molecular flexibility index (Phi) is 10.6. The number of rotatable bonds is 14. The second-order valence-corrected chi connectivity index (χ2v) is 8.31. The molecule has 0 aliphatic carbocycles. The van der Waals surface area contributed by atoms with Crippen LogP contribution in [0.25, 0.3) is 0 Å². The van der Waals surface area contributed by atoms with E-state index >= 15 is 0 Å². The van der Waals surface area contributed by atoms with Gasteiger partial charge < -0.3 is 25.0 Å². The summed E-state index contributed by atoms with van der Waals surface area (Å²) in [5.41, 5.74) is 1.98. The zero-order chi connectivity index (χ0) is 25.6. The molecule has 0 bridgehead atoms. The lowest BCUT2D eigenvalue weighted by Crippen LogP contribution is -2.32. The molecule has 0 fully saturated rings. The normalized spacial score (nSPS) is 10.4. The molecule has 7 heteroatoms. The Bertz CT molecular complexity index is 1080. The number of benzene rings is 3. The van der Waals surface area contributed by atoms with Crippen molar-refractivity contribution in [2.75, 3.05) is 43.5 Å². The van der Waals surface area contributed by atoms with Gasteiger partial charge in [0.1, 0.15) is 24.7 Å². The Morgan fingerprint density at radius 3 is 2.03 bits per heavy atom. The minimum Gasteiger partial charge on any atom is -0.490 e. The van der Waals surface area contributed by atoms with Crippen LogP contribution in [0.3, 0.4) is 0 Å². The van der Waals surface area contributed by atoms with E-state index in [1.54, 1.807) is 24.3 Å². The van der Waals surface area contributed by atoms with Crippen molar-refractivity contribution in [2.45, 2.75) is 26.7 Å². The number of amides is 2. The van der Waals surface area contributed by atoms with Gasteiger partial charge in [-0.3, -0.25) is 9.59 Å². The molecule has 3 aromatic rings. The molecule has 0 atom stereocenters. The lowest BCUT2D eigenvalue weighted by atomic mass is 10.1. The van der Waals surface area contributed by atoms with Gasteiger partial charge in [0.2, 0.25) is 5.91 Å². The third kappa shape index (κ3) is 8.65. The number of hydrogen-bond acceptors (Lipinski definition) is 5. The maximum absolute atomic E-state index is 12.8. The highest BCUT2D eigenvalue weighted by molar-refractivity contribution is 5.98. The van der Waals surface area contributed by atoms with Crippen LogP contribution < -0.4 is 20.1 Å². The number of carbonyl (C=O) groups is 2. The molecule has 0 saturated carbocycles. The molecule has 2 N–H and O–H groups in total. The van der Waals surface area contributed by atoms with Crippen LogP contribution in [-0.4, -0.2) is 49.6 Å². The van der Waals surface area contributed by atoms with Gasteiger partial charge in [-0.25, -0.2) is 0 Å². The van der Waals surface area contributed by atoms with E-state index in [1.807, 2.05) is 59.5 Å². The first kappa shape index (κ1) is 26.6. The maximum Gasteiger partial charge on any atom is 0.253 e. The molecular weight excluding hydrogens is 454 g/mol. The molecule has 0 heterocycles. The lowest BCUT2D eigenvalue weighted by molar-refractivity contribution is -0.114. The Hall–Kier alpha value is -4.00. The van der Waals surface area contributed by atoms with Crippen molar-refractivity contribution in [1.29, 1.82) is 0 Å². The van der Waals surface area contributed by atoms with Crippen LogP contribution in [0, 0.1) is 0 Å². The molecule has 0 radical (unpaired) electrons. The molecule has 0 aliphatic heterocycles. The van der Waals surface area contributed by atoms with Gasteiger partial charge in [0.15, 0.2) is 0 Å². The molecule has 0 saturated heterocycles. The first-order valence-electron chi connectivity index (χ1n) is 12.4. The van der Waals surface area contributed by atoms with Gasteiger partial charge in [-0.1, -0.05) is 38.1 Å². The van der Waals surface area contributed by atoms with E-state index in [0.29, 0.717) is 24.5 Å². The lowest BCUT2D eigenvalue weighted by Gasteiger charge is -2.21. The standard InChI is InChI=1S/C29H35N3O4/c1-3-17-32(18-4-2)29(34)23-9-8-10-25(21-23)31-28(33)22-30-24-13-15-27(16-14-24)36-20-19-35-26-11-6-5-7-12-26/h5-16,21,30H,3-4,17-20,22H2,1-2H3,(H,31,33). The summed E-state index contributed by atoms with van der Waals surface area (Å²) in [5, 5.41) is 5.96. The summed E-state index contributed by atoms with van der Waals surface area (Å²) < 4.78 is 11.3. The molecule has 0 aromatic heterocycles. The Morgan fingerprint density at radius 1 is 0.750 bits per heavy atom. The van der Waals surface area contributed by atoms with Crippen LogP contribution in [0.4, 0.5) is 11.4 Å². The molecule has 0 unspecified atom stereocenters. The second-order valence-electron chi connectivity index (χ2n) is 8.31. The van der Waals surface area contributed by atoms with E-state index in [1.165, 1.54) is 0 Å². The van der Waals surface area contributed by atoms with Crippen molar-refractivity contribution < 1.29 is 19.1 Å². The summed E-state index contributed by atoms with van der Waals surface area (Å²) in [4.78, 5) is 27.1. The van der Waals surface area contributed by atoms with E-state index in [9.17, 15) is 9.59 Å². The number of nitrogens with one attached hydrogen (secondary N) is 2. The van der Waals surface area contributed by atoms with Crippen LogP contribution in [-0.2, 0) is 4.79 Å². The van der Waals surface area contributed by atoms with E-state index < -0.39 is 0 Å². The van der Waals surface area contributed by atoms with Crippen LogP contribution in [0.15, 0.2) is 78.9 Å². The minimum absolute atomic E-state index is 0.0122. The molecule has 3 aromatic carbocycles. The number of anilines is 2. The van der Waals surface area contributed by atoms with Crippen molar-refractivity contribution in [3.63, 3.8) is 0 Å². The summed E-state index contributed by atoms with van der Waals surface area (Å²) in [6.07, 6.45) is 1.81. The van der Waals surface area contributed by atoms with Gasteiger partial charge in [-0.15, -0.1) is 0 Å². The second kappa shape index (κ2) is 14.4. The SMILES string of the molecule is CCCN(CCC)C(=O)c1cccc(NC(=O)CNc2ccc(OCCOc3ccccc3)cc2)c1. The number of nitrogens with zero attached hydrogens (tertiary/aromatic N) is 1. The number of ether oxygens (including phenoxy) is 2. The van der Waals surface area contributed by atoms with Crippen molar-refractivity contribution in [2.24, 2.45) is 0 Å². The molecule has 7 nitrogen and oxygen atoms in total. The topological polar surface area (TPSA) is 79.9 Å². The van der Waals surface area contributed by atoms with Crippen molar-refractivity contribution >= 4 is 23.2 Å². The summed E-state index contributed by atoms with van der Waals surface area (Å²) in [5.74, 6) is 1.33. The average Bonchev–Trinajstić information content (AvgIpc) is 2.91. The first-order valence-corrected chi connectivity index (χ1v) is 12.4. The van der Waals surface area contributed by atoms with E-state index in [4.69, 9.17) is 9.47 Å². The van der Waals surface area contributed by atoms with E-state index in [0.717, 1.165) is 43.1 Å². The molecule has 0 aliphatic rings. The highest BCUT2D eigenvalue weighted by atomic mass is 16.5. The van der Waals surface area contributed by atoms with Gasteiger partial charge in [-0.05, 0) is 67.4 Å². The number of carbonyl (C=O) groups excluding carboxylic acids is 2. The Morgan fingerprint density at radius 2 is 1.39 bits per heavy atom. The molecule has 36 heavy (non-hydrogen) atoms. The van der Waals surface area contributed by atoms with Crippen LogP contribution in [0.5, 0.6) is 11.5 Å². The fraction of sp³-hybridized carbons (Fsp3) is 0.310. The van der Waals surface area contributed by atoms with Crippen molar-refractivity contribution in [3.05, 3.63) is 84.4 Å². The Balaban J connectivity index is 1.43. The number of hydrogen-bond donors (Lipinski definition) is 2. The van der Waals surface area contributed by atoms with Gasteiger partial charge in [0.25, 0.3) is 5.91 Å². The van der Waals surface area contributed by atoms with Gasteiger partial charge in [0, 0.05) is 30.0 Å². The predicted octanol–water partition coefficient (Wildman–Crippen LogP) is 5.46. The third-order valence-electron chi connectivity index (χ3n) is 5.34. The van der Waals surface area contributed by atoms with Crippen molar-refractivity contribution in [1.82, 2.24) is 4.90 Å². The molecule has 3 rings (SSSR count). The first-order chi connectivity index (χ1) is 17.6. The summed E-state index contributed by atoms with van der Waals surface area (Å²) in [7, 11) is 0. The molecule has 2 amide bonds. The van der Waals surface area contributed by atoms with E-state index in [2.05, 4.69) is 24.5 Å². The summed E-state index contributed by atoms with van der Waals surface area (Å²) in [6.45, 7) is 6.54. The fourth-order valence-electron chi connectivity index (χ4n) is 3.66. The molecular formula is C29H35N3O4. The Labute approximate surface area is 213 Å². The average molecular weight is 490 g/mol. The fourth-order valence-corrected chi connectivity index (χ4v) is 3.66. The highest BCUT2D eigenvalue weighted by Gasteiger charge is 2.15. The quantitative estimate of drug-likeness (QED) is 0.294. The molecule has 190 valence electrons. The monoisotopic (exact) mass is 489 g/mol. The number of para-hydroxylation sites is 1. The summed E-state index contributed by atoms with van der Waals surface area (Å²) >= 11 is 0. The van der Waals surface area contributed by atoms with Gasteiger partial charge in [-0.2, -0.15) is 0 Å². The largest absolute Gasteiger partial charge is 0.490 e. The maximum atomic E-state index is 12.8. The zero-order valence-corrected chi connectivity index (χ0v) is 21.0. The van der Waals surface area contributed by atoms with Crippen LogP contribution in [0.1, 0.15) is 37.0 Å². The van der Waals surface area contributed by atoms with Crippen LogP contribution in [0.2, 0.25) is 0 Å². The van der Waals surface area contributed by atoms with Gasteiger partial charge in [0.05, 0.1) is 6.54 Å². The van der Waals surface area contributed by atoms with E-state index in [-0.39, 0.29) is 18.4 Å². The highest BCUT2D eigenvalue weighted by Crippen LogP contribution is 2.17. The third-order valence-corrected chi connectivity index (χ3v) is 5.34. The minimum atomic E-state index is -0.197. The predicted molar refractivity (Wildman–Crippen MR) is 144 cm³/mol. The van der Waals surface area contributed by atoms with Gasteiger partial charge >= 0.3 is 0 Å².